The summed E-state index contributed by atoms with van der Waals surface area (Å²) in [6.45, 7) is 1.99. The Morgan fingerprint density at radius 3 is 2.62 bits per heavy atom. The molecule has 2 aliphatic rings. The standard InChI is InChI=1S/C20H18Cl2N2O3S2/c1-12-2-4-13(5-3-12)8-19(25)23-20-24(16-9-14(21)6-7-15(16)22)17-10-29(26,27)11-18(17)28-20/h2-7,9,17-18H,8,10-11H2,1H3. The van der Waals surface area contributed by atoms with E-state index in [1.165, 1.54) is 11.8 Å². The predicted octanol–water partition coefficient (Wildman–Crippen LogP) is 4.15. The molecule has 2 atom stereocenters. The Morgan fingerprint density at radius 1 is 1.17 bits per heavy atom. The molecule has 4 rings (SSSR count). The zero-order valence-corrected chi connectivity index (χ0v) is 18.7. The summed E-state index contributed by atoms with van der Waals surface area (Å²) in [5.41, 5.74) is 2.57. The second-order valence-corrected chi connectivity index (χ2v) is 11.4. The molecular formula is C20H18Cl2N2O3S2. The number of amidine groups is 1. The lowest BCUT2D eigenvalue weighted by molar-refractivity contribution is -0.117. The van der Waals surface area contributed by atoms with Crippen LogP contribution in [0.25, 0.3) is 0 Å². The van der Waals surface area contributed by atoms with Crippen molar-refractivity contribution in [1.29, 1.82) is 0 Å². The van der Waals surface area contributed by atoms with Crippen molar-refractivity contribution in [1.82, 2.24) is 0 Å². The van der Waals surface area contributed by atoms with E-state index in [9.17, 15) is 13.2 Å². The third kappa shape index (κ3) is 4.48. The van der Waals surface area contributed by atoms with Gasteiger partial charge in [-0.05, 0) is 30.7 Å². The van der Waals surface area contributed by atoms with Crippen LogP contribution in [0.2, 0.25) is 10.0 Å². The highest BCUT2D eigenvalue weighted by atomic mass is 35.5. The number of sulfone groups is 1. The molecule has 0 N–H and O–H groups in total. The molecule has 0 radical (unpaired) electrons. The van der Waals surface area contributed by atoms with Crippen molar-refractivity contribution in [3.8, 4) is 0 Å². The summed E-state index contributed by atoms with van der Waals surface area (Å²) < 4.78 is 24.3. The third-order valence-corrected chi connectivity index (χ3v) is 8.70. The fraction of sp³-hybridized carbons (Fsp3) is 0.300. The quantitative estimate of drug-likeness (QED) is 0.676. The molecule has 9 heteroatoms. The first kappa shape index (κ1) is 20.7. The minimum Gasteiger partial charge on any atom is -0.314 e. The van der Waals surface area contributed by atoms with Crippen LogP contribution in [0.15, 0.2) is 47.5 Å². The third-order valence-electron chi connectivity index (χ3n) is 4.93. The lowest BCUT2D eigenvalue weighted by Crippen LogP contribution is -2.38. The van der Waals surface area contributed by atoms with Crippen molar-refractivity contribution >= 4 is 61.6 Å². The number of carbonyl (C=O) groups excluding carboxylic acids is 1. The fourth-order valence-electron chi connectivity index (χ4n) is 3.54. The highest BCUT2D eigenvalue weighted by molar-refractivity contribution is 8.16. The number of hydrogen-bond donors (Lipinski definition) is 0. The number of halogens is 2. The number of amides is 1. The van der Waals surface area contributed by atoms with Crippen molar-refractivity contribution in [2.75, 3.05) is 16.4 Å². The van der Waals surface area contributed by atoms with Gasteiger partial charge in [0.1, 0.15) is 0 Å². The largest absolute Gasteiger partial charge is 0.314 e. The second-order valence-electron chi connectivity index (χ2n) is 7.22. The van der Waals surface area contributed by atoms with Gasteiger partial charge in [-0.1, -0.05) is 64.8 Å². The van der Waals surface area contributed by atoms with Gasteiger partial charge in [0.25, 0.3) is 5.91 Å². The van der Waals surface area contributed by atoms with Gasteiger partial charge in [-0.3, -0.25) is 4.79 Å². The molecule has 2 aromatic carbocycles. The Balaban J connectivity index is 1.67. The molecule has 5 nitrogen and oxygen atoms in total. The van der Waals surface area contributed by atoms with Gasteiger partial charge in [-0.25, -0.2) is 8.42 Å². The van der Waals surface area contributed by atoms with Gasteiger partial charge in [0, 0.05) is 10.3 Å². The molecule has 0 bridgehead atoms. The normalized spacial score (nSPS) is 24.1. The van der Waals surface area contributed by atoms with Gasteiger partial charge >= 0.3 is 0 Å². The lowest BCUT2D eigenvalue weighted by atomic mass is 10.1. The summed E-state index contributed by atoms with van der Waals surface area (Å²) in [4.78, 5) is 18.7. The maximum absolute atomic E-state index is 12.6. The highest BCUT2D eigenvalue weighted by Crippen LogP contribution is 2.43. The molecule has 0 spiro atoms. The second kappa shape index (κ2) is 7.95. The van der Waals surface area contributed by atoms with E-state index in [0.717, 1.165) is 11.1 Å². The molecule has 0 saturated carbocycles. The van der Waals surface area contributed by atoms with E-state index < -0.39 is 9.84 Å². The van der Waals surface area contributed by atoms with Crippen molar-refractivity contribution in [3.63, 3.8) is 0 Å². The molecule has 152 valence electrons. The molecule has 2 heterocycles. The Hall–Kier alpha value is -1.54. The molecule has 0 aliphatic carbocycles. The van der Waals surface area contributed by atoms with Crippen LogP contribution < -0.4 is 4.90 Å². The summed E-state index contributed by atoms with van der Waals surface area (Å²) in [5.74, 6) is -0.233. The van der Waals surface area contributed by atoms with Gasteiger partial charge in [0.15, 0.2) is 15.0 Å². The van der Waals surface area contributed by atoms with E-state index in [1.807, 2.05) is 31.2 Å². The minimum absolute atomic E-state index is 0.00131. The maximum atomic E-state index is 12.6. The zero-order valence-electron chi connectivity index (χ0n) is 15.5. The molecule has 2 unspecified atom stereocenters. The van der Waals surface area contributed by atoms with Crippen LogP contribution in [-0.4, -0.2) is 42.3 Å². The van der Waals surface area contributed by atoms with Gasteiger partial charge in [0.05, 0.1) is 34.7 Å². The minimum atomic E-state index is -3.15. The number of benzene rings is 2. The van der Waals surface area contributed by atoms with E-state index in [4.69, 9.17) is 23.2 Å². The van der Waals surface area contributed by atoms with Crippen LogP contribution in [0.1, 0.15) is 11.1 Å². The molecule has 2 aliphatic heterocycles. The van der Waals surface area contributed by atoms with Gasteiger partial charge in [-0.15, -0.1) is 0 Å². The maximum Gasteiger partial charge on any atom is 0.252 e. The van der Waals surface area contributed by atoms with Crippen molar-refractivity contribution in [3.05, 3.63) is 63.6 Å². The monoisotopic (exact) mass is 468 g/mol. The Labute approximate surface area is 184 Å². The average Bonchev–Trinajstić information content (AvgIpc) is 3.10. The number of thioether (sulfide) groups is 1. The number of aliphatic imine (C=N–C) groups is 1. The Kier molecular flexibility index (Phi) is 5.68. The van der Waals surface area contributed by atoms with Crippen LogP contribution in [0.4, 0.5) is 5.69 Å². The highest BCUT2D eigenvalue weighted by Gasteiger charge is 2.49. The molecular weight excluding hydrogens is 451 g/mol. The van der Waals surface area contributed by atoms with Crippen LogP contribution in [0.5, 0.6) is 0 Å². The first-order chi connectivity index (χ1) is 13.7. The number of fused-ring (bicyclic) bond motifs is 1. The number of rotatable bonds is 3. The molecule has 2 aromatic rings. The van der Waals surface area contributed by atoms with Crippen molar-refractivity contribution in [2.45, 2.75) is 24.6 Å². The first-order valence-electron chi connectivity index (χ1n) is 9.00. The van der Waals surface area contributed by atoms with E-state index in [1.54, 1.807) is 23.1 Å². The molecule has 1 amide bonds. The van der Waals surface area contributed by atoms with Crippen LogP contribution in [0, 0.1) is 6.92 Å². The van der Waals surface area contributed by atoms with Crippen LogP contribution in [-0.2, 0) is 21.1 Å². The molecule has 29 heavy (non-hydrogen) atoms. The molecule has 2 fully saturated rings. The summed E-state index contributed by atoms with van der Waals surface area (Å²) in [5, 5.41) is 1.18. The zero-order chi connectivity index (χ0) is 20.8. The van der Waals surface area contributed by atoms with Crippen molar-refractivity contribution < 1.29 is 13.2 Å². The number of nitrogens with zero attached hydrogens (tertiary/aromatic N) is 2. The topological polar surface area (TPSA) is 66.8 Å². The molecule has 2 saturated heterocycles. The summed E-state index contributed by atoms with van der Waals surface area (Å²) in [7, 11) is -3.15. The molecule has 0 aromatic heterocycles. The number of carbonyl (C=O) groups is 1. The summed E-state index contributed by atoms with van der Waals surface area (Å²) >= 11 is 13.9. The van der Waals surface area contributed by atoms with Gasteiger partial charge < -0.3 is 4.90 Å². The van der Waals surface area contributed by atoms with Gasteiger partial charge in [0.2, 0.25) is 0 Å². The average molecular weight is 469 g/mol. The predicted molar refractivity (Wildman–Crippen MR) is 120 cm³/mol. The Bertz CT molecular complexity index is 1100. The number of aryl methyl sites for hydroxylation is 1. The van der Waals surface area contributed by atoms with E-state index >= 15 is 0 Å². The lowest BCUT2D eigenvalue weighted by Gasteiger charge is -2.25. The fourth-order valence-corrected chi connectivity index (χ4v) is 7.84. The summed E-state index contributed by atoms with van der Waals surface area (Å²) in [6, 6.07) is 12.4. The number of hydrogen-bond acceptors (Lipinski definition) is 4. The van der Waals surface area contributed by atoms with Gasteiger partial charge in [-0.2, -0.15) is 4.99 Å². The van der Waals surface area contributed by atoms with E-state index in [2.05, 4.69) is 4.99 Å². The van der Waals surface area contributed by atoms with E-state index in [-0.39, 0.29) is 35.1 Å². The van der Waals surface area contributed by atoms with Crippen molar-refractivity contribution in [2.24, 2.45) is 4.99 Å². The van der Waals surface area contributed by atoms with E-state index in [0.29, 0.717) is 20.9 Å². The number of anilines is 1. The SMILES string of the molecule is Cc1ccc(CC(=O)N=C2SC3CS(=O)(=O)CC3N2c2cc(Cl)ccc2Cl)cc1. The Morgan fingerprint density at radius 2 is 1.90 bits per heavy atom. The first-order valence-corrected chi connectivity index (χ1v) is 12.5. The summed E-state index contributed by atoms with van der Waals surface area (Å²) in [6.07, 6.45) is 0.176. The van der Waals surface area contributed by atoms with Crippen LogP contribution >= 0.6 is 35.0 Å². The van der Waals surface area contributed by atoms with Crippen LogP contribution in [0.3, 0.4) is 0 Å². The smallest absolute Gasteiger partial charge is 0.252 e.